The number of carbonyl (C=O) groups is 1. The first-order valence-corrected chi connectivity index (χ1v) is 7.58. The second-order valence-corrected chi connectivity index (χ2v) is 7.35. The molecule has 0 radical (unpaired) electrons. The monoisotopic (exact) mass is 286 g/mol. The molecule has 2 rings (SSSR count). The van der Waals surface area contributed by atoms with Crippen LogP contribution in [-0.2, 0) is 15.6 Å². The highest BCUT2D eigenvalue weighted by molar-refractivity contribution is 5.83. The molecule has 2 nitrogen and oxygen atoms in total. The third-order valence-electron chi connectivity index (χ3n) is 4.92. The van der Waals surface area contributed by atoms with Crippen molar-refractivity contribution in [1.29, 1.82) is 0 Å². The molecule has 21 heavy (non-hydrogen) atoms. The summed E-state index contributed by atoms with van der Waals surface area (Å²) in [6.07, 6.45) is 4.79. The van der Waals surface area contributed by atoms with Gasteiger partial charge in [0.1, 0.15) is 12.0 Å². The normalized spacial score (nSPS) is 19.8. The van der Waals surface area contributed by atoms with E-state index in [0.29, 0.717) is 0 Å². The van der Waals surface area contributed by atoms with Crippen molar-refractivity contribution in [2.45, 2.75) is 58.3 Å². The summed E-state index contributed by atoms with van der Waals surface area (Å²) in [5.74, 6) is 0.857. The van der Waals surface area contributed by atoms with Gasteiger partial charge in [-0.3, -0.25) is 4.79 Å². The Kier molecular flexibility index (Phi) is 4.01. The number of rotatable bonds is 3. The average Bonchev–Trinajstić information content (AvgIpc) is 2.43. The van der Waals surface area contributed by atoms with Crippen molar-refractivity contribution in [3.05, 3.63) is 34.9 Å². The van der Waals surface area contributed by atoms with Crippen LogP contribution in [0.3, 0.4) is 0 Å². The van der Waals surface area contributed by atoms with E-state index in [4.69, 9.17) is 4.74 Å². The van der Waals surface area contributed by atoms with E-state index >= 15 is 0 Å². The molecule has 2 heteroatoms. The largest absolute Gasteiger partial charge is 0.496 e. The summed E-state index contributed by atoms with van der Waals surface area (Å²) in [4.78, 5) is 10.8. The van der Waals surface area contributed by atoms with Gasteiger partial charge in [-0.15, -0.1) is 0 Å². The fourth-order valence-electron chi connectivity index (χ4n) is 3.26. The smallest absolute Gasteiger partial charge is 0.143 e. The first-order chi connectivity index (χ1) is 9.73. The molecule has 1 aliphatic carbocycles. The summed E-state index contributed by atoms with van der Waals surface area (Å²) < 4.78 is 5.58. The minimum atomic E-state index is 0.160. The number of hydrogen-bond acceptors (Lipinski definition) is 2. The molecule has 1 aliphatic rings. The van der Waals surface area contributed by atoms with Crippen molar-refractivity contribution < 1.29 is 9.53 Å². The maximum atomic E-state index is 10.8. The van der Waals surface area contributed by atoms with Gasteiger partial charge in [0.25, 0.3) is 0 Å². The zero-order chi connectivity index (χ0) is 15.8. The standard InChI is InChI=1S/C19H26O2/c1-13(7-10-20)14-11-15-16(12-17(14)21-6)19(4,5)9-8-18(15,2)3/h7,10-12H,8-9H2,1-6H3/b13-7-. The Morgan fingerprint density at radius 1 is 1.10 bits per heavy atom. The molecule has 0 N–H and O–H groups in total. The van der Waals surface area contributed by atoms with Crippen molar-refractivity contribution in [1.82, 2.24) is 0 Å². The third kappa shape index (κ3) is 2.76. The lowest BCUT2D eigenvalue weighted by Crippen LogP contribution is -2.34. The Morgan fingerprint density at radius 2 is 1.62 bits per heavy atom. The minimum absolute atomic E-state index is 0.160. The first-order valence-electron chi connectivity index (χ1n) is 7.58. The summed E-state index contributed by atoms with van der Waals surface area (Å²) in [6.45, 7) is 11.2. The summed E-state index contributed by atoms with van der Waals surface area (Å²) in [5, 5.41) is 0. The van der Waals surface area contributed by atoms with E-state index in [1.165, 1.54) is 24.0 Å². The maximum Gasteiger partial charge on any atom is 0.143 e. The Morgan fingerprint density at radius 3 is 2.10 bits per heavy atom. The molecule has 0 spiro atoms. The molecule has 0 atom stereocenters. The number of fused-ring (bicyclic) bond motifs is 1. The Balaban J connectivity index is 2.73. The van der Waals surface area contributed by atoms with E-state index in [2.05, 4.69) is 39.8 Å². The van der Waals surface area contributed by atoms with E-state index in [1.54, 1.807) is 13.2 Å². The predicted octanol–water partition coefficient (Wildman–Crippen LogP) is 4.65. The van der Waals surface area contributed by atoms with Gasteiger partial charge in [0, 0.05) is 5.56 Å². The van der Waals surface area contributed by atoms with E-state index in [1.807, 2.05) is 6.92 Å². The van der Waals surface area contributed by atoms with Crippen LogP contribution in [-0.4, -0.2) is 13.4 Å². The molecular weight excluding hydrogens is 260 g/mol. The van der Waals surface area contributed by atoms with Crippen LogP contribution in [0.1, 0.15) is 64.2 Å². The van der Waals surface area contributed by atoms with Gasteiger partial charge in [-0.1, -0.05) is 27.7 Å². The highest BCUT2D eigenvalue weighted by atomic mass is 16.5. The van der Waals surface area contributed by atoms with Crippen molar-refractivity contribution >= 4 is 11.9 Å². The molecule has 0 heterocycles. The quantitative estimate of drug-likeness (QED) is 0.597. The molecule has 0 saturated carbocycles. The third-order valence-corrected chi connectivity index (χ3v) is 4.92. The number of aldehydes is 1. The molecular formula is C19H26O2. The Labute approximate surface area is 128 Å². The number of ether oxygens (including phenoxy) is 1. The van der Waals surface area contributed by atoms with Gasteiger partial charge < -0.3 is 4.74 Å². The van der Waals surface area contributed by atoms with Gasteiger partial charge in [-0.05, 0) is 65.5 Å². The number of hydrogen-bond donors (Lipinski definition) is 0. The van der Waals surface area contributed by atoms with Gasteiger partial charge in [0.05, 0.1) is 7.11 Å². The number of allylic oxidation sites excluding steroid dienone is 2. The van der Waals surface area contributed by atoms with Gasteiger partial charge in [-0.2, -0.15) is 0 Å². The maximum absolute atomic E-state index is 10.8. The van der Waals surface area contributed by atoms with E-state index < -0.39 is 0 Å². The van der Waals surface area contributed by atoms with Crippen LogP contribution in [0.2, 0.25) is 0 Å². The topological polar surface area (TPSA) is 26.3 Å². The lowest BCUT2D eigenvalue weighted by atomic mass is 9.62. The number of benzene rings is 1. The summed E-state index contributed by atoms with van der Waals surface area (Å²) in [7, 11) is 1.69. The van der Waals surface area contributed by atoms with Crippen LogP contribution in [0.5, 0.6) is 5.75 Å². The van der Waals surface area contributed by atoms with Crippen molar-refractivity contribution in [3.63, 3.8) is 0 Å². The zero-order valence-electron chi connectivity index (χ0n) is 14.0. The zero-order valence-corrected chi connectivity index (χ0v) is 14.0. The van der Waals surface area contributed by atoms with E-state index in [-0.39, 0.29) is 10.8 Å². The van der Waals surface area contributed by atoms with Crippen molar-refractivity contribution in [2.24, 2.45) is 0 Å². The van der Waals surface area contributed by atoms with Gasteiger partial charge in [-0.25, -0.2) is 0 Å². The Bertz CT molecular complexity index is 592. The van der Waals surface area contributed by atoms with Crippen LogP contribution < -0.4 is 4.74 Å². The number of methoxy groups -OCH3 is 1. The lowest BCUT2D eigenvalue weighted by Gasteiger charge is -2.42. The molecule has 0 bridgehead atoms. The predicted molar refractivity (Wildman–Crippen MR) is 88.0 cm³/mol. The van der Waals surface area contributed by atoms with E-state index in [9.17, 15) is 4.79 Å². The van der Waals surface area contributed by atoms with E-state index in [0.717, 1.165) is 23.2 Å². The highest BCUT2D eigenvalue weighted by Crippen LogP contribution is 2.48. The molecule has 114 valence electrons. The van der Waals surface area contributed by atoms with Crippen LogP contribution in [0.15, 0.2) is 18.2 Å². The van der Waals surface area contributed by atoms with Gasteiger partial charge in [0.2, 0.25) is 0 Å². The fourth-order valence-corrected chi connectivity index (χ4v) is 3.26. The molecule has 0 unspecified atom stereocenters. The lowest BCUT2D eigenvalue weighted by molar-refractivity contribution is -0.104. The average molecular weight is 286 g/mol. The molecule has 0 saturated heterocycles. The molecule has 1 aromatic carbocycles. The first kappa shape index (κ1) is 15.8. The van der Waals surface area contributed by atoms with Crippen LogP contribution >= 0.6 is 0 Å². The van der Waals surface area contributed by atoms with Gasteiger partial charge >= 0.3 is 0 Å². The summed E-state index contributed by atoms with van der Waals surface area (Å²) >= 11 is 0. The molecule has 0 aromatic heterocycles. The molecule has 0 amide bonds. The molecule has 0 fully saturated rings. The highest BCUT2D eigenvalue weighted by Gasteiger charge is 2.37. The fraction of sp³-hybridized carbons (Fsp3) is 0.526. The van der Waals surface area contributed by atoms with Gasteiger partial charge in [0.15, 0.2) is 0 Å². The molecule has 0 aliphatic heterocycles. The summed E-state index contributed by atoms with van der Waals surface area (Å²) in [6, 6.07) is 4.40. The SMILES string of the molecule is COc1cc2c(cc1/C(C)=C\C=O)C(C)(C)CCC2(C)C. The number of carbonyl (C=O) groups excluding carboxylic acids is 1. The van der Waals surface area contributed by atoms with Crippen molar-refractivity contribution in [3.8, 4) is 5.75 Å². The van der Waals surface area contributed by atoms with Crippen LogP contribution in [0.4, 0.5) is 0 Å². The second kappa shape index (κ2) is 5.32. The second-order valence-electron chi connectivity index (χ2n) is 7.35. The minimum Gasteiger partial charge on any atom is -0.496 e. The summed E-state index contributed by atoms with van der Waals surface area (Å²) in [5.41, 5.74) is 5.05. The van der Waals surface area contributed by atoms with Crippen LogP contribution in [0, 0.1) is 0 Å². The Hall–Kier alpha value is -1.57. The van der Waals surface area contributed by atoms with Crippen molar-refractivity contribution in [2.75, 3.05) is 7.11 Å². The molecule has 1 aromatic rings. The van der Waals surface area contributed by atoms with Crippen LogP contribution in [0.25, 0.3) is 5.57 Å².